The van der Waals surface area contributed by atoms with Gasteiger partial charge in [-0.2, -0.15) is 13.2 Å². The first-order valence-corrected chi connectivity index (χ1v) is 15.8. The van der Waals surface area contributed by atoms with Crippen LogP contribution in [-0.2, 0) is 28.5 Å². The minimum atomic E-state index is -4.32. The molecule has 2 unspecified atom stereocenters. The zero-order chi connectivity index (χ0) is 26.4. The summed E-state index contributed by atoms with van der Waals surface area (Å²) >= 11 is 1.64. The van der Waals surface area contributed by atoms with Gasteiger partial charge in [0.1, 0.15) is 5.75 Å². The lowest BCUT2D eigenvalue weighted by atomic mass is 10.0. The van der Waals surface area contributed by atoms with Crippen molar-refractivity contribution in [2.24, 2.45) is 0 Å². The summed E-state index contributed by atoms with van der Waals surface area (Å²) in [6.45, 7) is 6.14. The van der Waals surface area contributed by atoms with Crippen LogP contribution in [0.5, 0.6) is 5.75 Å². The van der Waals surface area contributed by atoms with Crippen molar-refractivity contribution in [3.63, 3.8) is 0 Å². The Balaban J connectivity index is 1.40. The average molecular weight is 646 g/mol. The Labute approximate surface area is 230 Å². The molecule has 4 nitrogen and oxygen atoms in total. The average Bonchev–Trinajstić information content (AvgIpc) is 3.10. The number of carbonyl (C=O) groups is 1. The Morgan fingerprint density at radius 3 is 2.51 bits per heavy atom. The molecule has 37 heavy (non-hydrogen) atoms. The third-order valence-corrected chi connectivity index (χ3v) is 11.4. The molecule has 2 aliphatic heterocycles. The number of esters is 1. The van der Waals surface area contributed by atoms with Gasteiger partial charge in [0, 0.05) is 24.0 Å². The predicted octanol–water partition coefficient (Wildman–Crippen LogP) is 6.71. The molecule has 9 heteroatoms. The maximum Gasteiger partial charge on any atom is 0.416 e. The fourth-order valence-corrected chi connectivity index (χ4v) is 10.2. The van der Waals surface area contributed by atoms with Crippen LogP contribution >= 0.6 is 32.5 Å². The number of benzene rings is 2. The molecule has 0 fully saturated rings. The van der Waals surface area contributed by atoms with Gasteiger partial charge in [-0.05, 0) is 77.2 Å². The van der Waals surface area contributed by atoms with Gasteiger partial charge in [0.25, 0.3) is 0 Å². The Hall–Kier alpha value is -1.85. The topological polar surface area (TPSA) is 38.8 Å². The van der Waals surface area contributed by atoms with Crippen LogP contribution in [0.25, 0.3) is 4.91 Å². The van der Waals surface area contributed by atoms with E-state index in [0.717, 1.165) is 42.8 Å². The van der Waals surface area contributed by atoms with Crippen molar-refractivity contribution in [1.82, 2.24) is 4.90 Å². The molecule has 200 valence electrons. The Morgan fingerprint density at radius 1 is 1.11 bits per heavy atom. The van der Waals surface area contributed by atoms with E-state index < -0.39 is 11.7 Å². The van der Waals surface area contributed by atoms with Crippen LogP contribution in [0.3, 0.4) is 0 Å². The first-order chi connectivity index (χ1) is 17.8. The maximum absolute atomic E-state index is 13.0. The van der Waals surface area contributed by atoms with E-state index in [0.29, 0.717) is 21.7 Å². The first-order valence-electron chi connectivity index (χ1n) is 12.4. The van der Waals surface area contributed by atoms with E-state index in [1.807, 2.05) is 23.9 Å². The van der Waals surface area contributed by atoms with Gasteiger partial charge in [0.15, 0.2) is 6.61 Å². The van der Waals surface area contributed by atoms with Crippen molar-refractivity contribution in [3.8, 4) is 5.75 Å². The molecule has 0 aromatic heterocycles. The van der Waals surface area contributed by atoms with Crippen molar-refractivity contribution in [2.75, 3.05) is 26.3 Å². The summed E-state index contributed by atoms with van der Waals surface area (Å²) in [5.74, 6) is 0.311. The summed E-state index contributed by atoms with van der Waals surface area (Å²) in [5.41, 5.74) is 2.79. The van der Waals surface area contributed by atoms with Crippen molar-refractivity contribution in [2.45, 2.75) is 48.6 Å². The summed E-state index contributed by atoms with van der Waals surface area (Å²) in [6, 6.07) is 12.0. The zero-order valence-electron chi connectivity index (χ0n) is 20.9. The second kappa shape index (κ2) is 12.8. The molecule has 2 heterocycles. The highest BCUT2D eigenvalue weighted by Crippen LogP contribution is 2.43. The second-order valence-electron chi connectivity index (χ2n) is 8.86. The van der Waals surface area contributed by atoms with Gasteiger partial charge in [0.05, 0.1) is 15.4 Å². The Kier molecular flexibility index (Phi) is 9.74. The predicted molar refractivity (Wildman–Crippen MR) is 153 cm³/mol. The number of carbonyl (C=O) groups excluding carboxylic acids is 1. The fourth-order valence-electron chi connectivity index (χ4n) is 4.60. The highest BCUT2D eigenvalue weighted by Gasteiger charge is 2.31. The van der Waals surface area contributed by atoms with Crippen molar-refractivity contribution < 1.29 is 27.4 Å². The van der Waals surface area contributed by atoms with Crippen LogP contribution in [0.4, 0.5) is 13.2 Å². The van der Waals surface area contributed by atoms with Gasteiger partial charge in [-0.15, -0.1) is 32.5 Å². The molecule has 4 rings (SSSR count). The van der Waals surface area contributed by atoms with E-state index in [9.17, 15) is 18.0 Å². The monoisotopic (exact) mass is 645 g/mol. The van der Waals surface area contributed by atoms with E-state index in [2.05, 4.69) is 28.0 Å². The lowest BCUT2D eigenvalue weighted by molar-refractivity contribution is -0.145. The summed E-state index contributed by atoms with van der Waals surface area (Å²) in [7, 11) is 0. The number of halogens is 4. The number of nitrogens with zero attached hydrogens (tertiary/aromatic N) is 1. The molecule has 0 amide bonds. The molecular weight excluding hydrogens is 614 g/mol. The van der Waals surface area contributed by atoms with Crippen LogP contribution in [0, 0.1) is 0 Å². The number of allylic oxidation sites excluding steroid dienone is 1. The maximum atomic E-state index is 13.0. The van der Waals surface area contributed by atoms with Gasteiger partial charge in [-0.25, -0.2) is 4.79 Å². The van der Waals surface area contributed by atoms with Crippen LogP contribution in [0.1, 0.15) is 42.5 Å². The molecule has 0 saturated carbocycles. The third-order valence-electron chi connectivity index (χ3n) is 6.51. The Bertz CT molecular complexity index is 1150. The largest absolute Gasteiger partial charge is 0.482 e. The van der Waals surface area contributed by atoms with Crippen LogP contribution in [-0.4, -0.2) is 50.5 Å². The molecule has 0 N–H and O–H groups in total. The summed E-state index contributed by atoms with van der Waals surface area (Å²) < 4.78 is 52.2. The molecule has 2 aliphatic rings. The highest BCUT2D eigenvalue weighted by atomic mass is 127. The zero-order valence-corrected chi connectivity index (χ0v) is 23.9. The van der Waals surface area contributed by atoms with Crippen LogP contribution < -0.4 is 4.74 Å². The molecule has 0 radical (unpaired) electrons. The lowest BCUT2D eigenvalue weighted by Crippen LogP contribution is -2.41. The summed E-state index contributed by atoms with van der Waals surface area (Å²) in [5, 5.41) is 0. The van der Waals surface area contributed by atoms with E-state index in [1.165, 1.54) is 23.3 Å². The van der Waals surface area contributed by atoms with Gasteiger partial charge in [-0.3, -0.25) is 4.90 Å². The van der Waals surface area contributed by atoms with E-state index in [-0.39, 0.29) is 33.3 Å². The molecule has 0 spiro atoms. The first kappa shape index (κ1) is 28.2. The number of rotatable bonds is 8. The van der Waals surface area contributed by atoms with Crippen molar-refractivity contribution >= 4 is 47.4 Å². The van der Waals surface area contributed by atoms with Gasteiger partial charge in [0.2, 0.25) is 0 Å². The highest BCUT2D eigenvalue weighted by molar-refractivity contribution is 14.2. The van der Waals surface area contributed by atoms with Crippen molar-refractivity contribution in [3.05, 3.63) is 70.8 Å². The minimum absolute atomic E-state index is 0.0927. The van der Waals surface area contributed by atoms with E-state index in [4.69, 9.17) is 9.47 Å². The molecule has 2 aromatic rings. The van der Waals surface area contributed by atoms with E-state index >= 15 is 0 Å². The number of alkyl halides is 4. The second-order valence-corrected chi connectivity index (χ2v) is 13.7. The summed E-state index contributed by atoms with van der Waals surface area (Å²) in [6.07, 6.45) is 0.641. The Morgan fingerprint density at radius 2 is 1.84 bits per heavy atom. The molecule has 0 saturated heterocycles. The fraction of sp³-hybridized carbons (Fsp3) is 0.429. The normalized spacial score (nSPS) is 19.2. The van der Waals surface area contributed by atoms with Crippen molar-refractivity contribution in [1.29, 1.82) is 0 Å². The number of fused-ring (bicyclic) bond motifs is 1. The van der Waals surface area contributed by atoms with Gasteiger partial charge in [-0.1, -0.05) is 25.1 Å². The van der Waals surface area contributed by atoms with E-state index in [1.54, 1.807) is 19.1 Å². The molecule has 2 atom stereocenters. The van der Waals surface area contributed by atoms with Gasteiger partial charge >= 0.3 is 12.1 Å². The number of hydrogen-bond acceptors (Lipinski definition) is 5. The molecule has 2 aromatic carbocycles. The smallest absolute Gasteiger partial charge is 0.416 e. The SMILES string of the molecule is CCOC(=O)COc1ccc2c(c1)CCN(C(CC)C1SC(c3ccc(C(F)(F)F)cc3)=CC=I1)CC2. The molecular formula is C28H31F3INO3S. The van der Waals surface area contributed by atoms with Crippen LogP contribution in [0.2, 0.25) is 0 Å². The standard InChI is InChI=1S/C28H31F3INO3S/c1-3-24(27-32-14-11-25(37-27)20-5-8-22(9-6-20)28(29,30)31)33-15-12-19-7-10-23(17-21(19)13-16-33)36-18-26(34)35-4-2/h5-11,14,17,24,27H,3-4,12-13,15-16,18H2,1-2H3. The molecule has 0 bridgehead atoms. The minimum Gasteiger partial charge on any atom is -0.482 e. The number of thioether (sulfide) groups is 1. The number of hydrogen-bond donors (Lipinski definition) is 0. The quantitative estimate of drug-likeness (QED) is 0.181. The molecule has 0 aliphatic carbocycles. The van der Waals surface area contributed by atoms with Crippen LogP contribution in [0.15, 0.2) is 48.5 Å². The van der Waals surface area contributed by atoms with Gasteiger partial charge < -0.3 is 9.47 Å². The number of ether oxygens (including phenoxy) is 2. The lowest BCUT2D eigenvalue weighted by Gasteiger charge is -2.35. The third kappa shape index (κ3) is 7.38. The summed E-state index contributed by atoms with van der Waals surface area (Å²) in [4.78, 5) is 15.3.